The van der Waals surface area contributed by atoms with Gasteiger partial charge in [-0.25, -0.2) is 0 Å². The Morgan fingerprint density at radius 2 is 1.58 bits per heavy atom. The number of phenols is 4. The summed E-state index contributed by atoms with van der Waals surface area (Å²) in [5.41, 5.74) is 0.0939. The minimum Gasteiger partial charge on any atom is -0.508 e. The van der Waals surface area contributed by atoms with Gasteiger partial charge < -0.3 is 55.4 Å². The second-order valence-corrected chi connectivity index (χ2v) is 7.54. The van der Waals surface area contributed by atoms with Gasteiger partial charge in [0.2, 0.25) is 6.29 Å². The van der Waals surface area contributed by atoms with E-state index in [1.165, 1.54) is 0 Å². The van der Waals surface area contributed by atoms with Crippen LogP contribution in [0.25, 0.3) is 11.1 Å². The van der Waals surface area contributed by atoms with Gasteiger partial charge in [0, 0.05) is 18.6 Å². The number of ether oxygens (including phenoxy) is 2. The van der Waals surface area contributed by atoms with E-state index in [0.717, 1.165) is 24.3 Å². The molecular weight excluding hydrogens is 444 g/mol. The summed E-state index contributed by atoms with van der Waals surface area (Å²) in [5.74, 6) is -3.59. The normalized spacial score (nSPS) is 25.0. The molecule has 9 N–H and O–H groups in total. The Kier molecular flexibility index (Phi) is 7.15. The Bertz CT molecular complexity index is 1020. The van der Waals surface area contributed by atoms with Gasteiger partial charge in [0.15, 0.2) is 11.5 Å². The maximum Gasteiger partial charge on any atom is 0.303 e. The average molecular weight is 468 g/mol. The molecule has 12 nitrogen and oxygen atoms in total. The molecule has 5 atom stereocenters. The molecule has 3 rings (SSSR count). The molecule has 2 aromatic rings. The van der Waals surface area contributed by atoms with Crippen LogP contribution in [0.2, 0.25) is 0 Å². The summed E-state index contributed by atoms with van der Waals surface area (Å²) >= 11 is 0. The van der Waals surface area contributed by atoms with Crippen molar-refractivity contribution < 1.29 is 60.2 Å². The molecular formula is C21H24O12. The van der Waals surface area contributed by atoms with Crippen LogP contribution in [0.5, 0.6) is 28.7 Å². The van der Waals surface area contributed by atoms with E-state index in [4.69, 9.17) is 14.6 Å². The maximum absolute atomic E-state index is 11.0. The lowest BCUT2D eigenvalue weighted by molar-refractivity contribution is -0.277. The van der Waals surface area contributed by atoms with Crippen LogP contribution in [0.15, 0.2) is 24.3 Å². The highest BCUT2D eigenvalue weighted by Crippen LogP contribution is 2.46. The molecule has 0 aromatic heterocycles. The third-order valence-electron chi connectivity index (χ3n) is 5.24. The number of benzene rings is 2. The third kappa shape index (κ3) is 5.05. The number of aryl methyl sites for hydroxylation is 1. The minimum absolute atomic E-state index is 0.0450. The molecule has 0 radical (unpaired) electrons. The number of carbonyl (C=O) groups is 1. The smallest absolute Gasteiger partial charge is 0.303 e. The molecule has 0 unspecified atom stereocenters. The Hall–Kier alpha value is -3.29. The molecule has 0 bridgehead atoms. The summed E-state index contributed by atoms with van der Waals surface area (Å²) in [5, 5.41) is 88.9. The van der Waals surface area contributed by atoms with Crippen molar-refractivity contribution in [1.82, 2.24) is 0 Å². The monoisotopic (exact) mass is 468 g/mol. The molecule has 0 aliphatic carbocycles. The zero-order chi connectivity index (χ0) is 24.4. The first-order valence-electron chi connectivity index (χ1n) is 9.83. The Labute approximate surface area is 186 Å². The first kappa shape index (κ1) is 24.4. The summed E-state index contributed by atoms with van der Waals surface area (Å²) in [6.45, 7) is -0.714. The first-order chi connectivity index (χ1) is 15.5. The summed E-state index contributed by atoms with van der Waals surface area (Å²) in [4.78, 5) is 11.0. The van der Waals surface area contributed by atoms with E-state index in [9.17, 15) is 45.6 Å². The molecule has 180 valence electrons. The van der Waals surface area contributed by atoms with E-state index in [2.05, 4.69) is 0 Å². The van der Waals surface area contributed by atoms with Gasteiger partial charge in [0.25, 0.3) is 0 Å². The van der Waals surface area contributed by atoms with Crippen molar-refractivity contribution in [3.05, 3.63) is 29.8 Å². The van der Waals surface area contributed by atoms with Gasteiger partial charge in [-0.1, -0.05) is 0 Å². The van der Waals surface area contributed by atoms with Gasteiger partial charge in [0.1, 0.15) is 41.7 Å². The SMILES string of the molecule is O=C(O)CCc1cc(O)c(O)cc1-c1c(O)cc(O)cc1O[C@@H]1O[C@H](CO)[C@@H](O)[C@H](O)[C@H]1O. The van der Waals surface area contributed by atoms with Crippen LogP contribution in [0.4, 0.5) is 0 Å². The van der Waals surface area contributed by atoms with Crippen LogP contribution in [0, 0.1) is 0 Å². The Morgan fingerprint density at radius 1 is 0.909 bits per heavy atom. The topological polar surface area (TPSA) is 218 Å². The number of aliphatic carboxylic acids is 1. The maximum atomic E-state index is 11.0. The van der Waals surface area contributed by atoms with Crippen molar-refractivity contribution in [3.8, 4) is 39.9 Å². The largest absolute Gasteiger partial charge is 0.508 e. The van der Waals surface area contributed by atoms with Crippen LogP contribution in [-0.2, 0) is 16.0 Å². The molecule has 33 heavy (non-hydrogen) atoms. The Balaban J connectivity index is 2.09. The van der Waals surface area contributed by atoms with Crippen LogP contribution >= 0.6 is 0 Å². The lowest BCUT2D eigenvalue weighted by atomic mass is 9.94. The van der Waals surface area contributed by atoms with E-state index in [-0.39, 0.29) is 35.3 Å². The molecule has 0 spiro atoms. The first-order valence-corrected chi connectivity index (χ1v) is 9.83. The van der Waals surface area contributed by atoms with Crippen molar-refractivity contribution >= 4 is 5.97 Å². The summed E-state index contributed by atoms with van der Waals surface area (Å²) in [6.07, 6.45) is -8.59. The van der Waals surface area contributed by atoms with E-state index < -0.39 is 66.3 Å². The van der Waals surface area contributed by atoms with Crippen molar-refractivity contribution in [1.29, 1.82) is 0 Å². The fourth-order valence-corrected chi connectivity index (χ4v) is 3.54. The number of aromatic hydroxyl groups is 4. The van der Waals surface area contributed by atoms with E-state index >= 15 is 0 Å². The summed E-state index contributed by atoms with van der Waals surface area (Å²) in [6, 6.07) is 4.14. The van der Waals surface area contributed by atoms with Crippen molar-refractivity contribution in [3.63, 3.8) is 0 Å². The molecule has 1 heterocycles. The molecule has 1 aliphatic rings. The van der Waals surface area contributed by atoms with E-state index in [0.29, 0.717) is 0 Å². The number of phenolic OH excluding ortho intramolecular Hbond substituents is 4. The number of aliphatic hydroxyl groups excluding tert-OH is 4. The van der Waals surface area contributed by atoms with Crippen molar-refractivity contribution in [2.75, 3.05) is 6.61 Å². The number of aliphatic hydroxyl groups is 4. The molecule has 1 fully saturated rings. The van der Waals surface area contributed by atoms with Crippen LogP contribution in [0.3, 0.4) is 0 Å². The van der Waals surface area contributed by atoms with Crippen LogP contribution in [0.1, 0.15) is 12.0 Å². The fourth-order valence-electron chi connectivity index (χ4n) is 3.54. The number of hydrogen-bond donors (Lipinski definition) is 9. The third-order valence-corrected chi connectivity index (χ3v) is 5.24. The number of carboxylic acids is 1. The standard InChI is InChI=1S/C21H24O12/c22-7-15-18(29)19(30)20(31)21(33-15)32-14-5-9(23)4-13(26)17(14)10-6-12(25)11(24)3-8(10)1-2-16(27)28/h3-6,15,18-26,29-31H,1-2,7H2,(H,27,28)/t15-,18-,19+,20-,21-/m1/s1. The van der Waals surface area contributed by atoms with Crippen LogP contribution < -0.4 is 4.74 Å². The number of hydrogen-bond acceptors (Lipinski definition) is 11. The summed E-state index contributed by atoms with van der Waals surface area (Å²) in [7, 11) is 0. The van der Waals surface area contributed by atoms with E-state index in [1.54, 1.807) is 0 Å². The highest BCUT2D eigenvalue weighted by Gasteiger charge is 2.45. The number of rotatable bonds is 7. The average Bonchev–Trinajstić information content (AvgIpc) is 2.74. The molecule has 12 heteroatoms. The molecule has 0 amide bonds. The fraction of sp³-hybridized carbons (Fsp3) is 0.381. The van der Waals surface area contributed by atoms with Crippen molar-refractivity contribution in [2.24, 2.45) is 0 Å². The molecule has 1 aliphatic heterocycles. The predicted molar refractivity (Wildman–Crippen MR) is 109 cm³/mol. The van der Waals surface area contributed by atoms with Gasteiger partial charge in [-0.05, 0) is 29.7 Å². The second kappa shape index (κ2) is 9.68. The molecule has 1 saturated heterocycles. The van der Waals surface area contributed by atoms with E-state index in [1.807, 2.05) is 0 Å². The van der Waals surface area contributed by atoms with Crippen molar-refractivity contribution in [2.45, 2.75) is 43.5 Å². The van der Waals surface area contributed by atoms with Gasteiger partial charge in [-0.15, -0.1) is 0 Å². The van der Waals surface area contributed by atoms with Gasteiger partial charge in [-0.2, -0.15) is 0 Å². The molecule has 2 aromatic carbocycles. The van der Waals surface area contributed by atoms with Gasteiger partial charge in [0.05, 0.1) is 12.2 Å². The van der Waals surface area contributed by atoms with Crippen LogP contribution in [-0.4, -0.2) is 89.2 Å². The quantitative estimate of drug-likeness (QED) is 0.232. The van der Waals surface area contributed by atoms with Gasteiger partial charge in [-0.3, -0.25) is 4.79 Å². The summed E-state index contributed by atoms with van der Waals surface area (Å²) < 4.78 is 10.9. The highest BCUT2D eigenvalue weighted by molar-refractivity contribution is 5.82. The zero-order valence-corrected chi connectivity index (χ0v) is 17.1. The van der Waals surface area contributed by atoms with Gasteiger partial charge >= 0.3 is 5.97 Å². The minimum atomic E-state index is -1.79. The second-order valence-electron chi connectivity index (χ2n) is 7.54. The number of carboxylic acid groups (broad SMARTS) is 1. The molecule has 0 saturated carbocycles. The lowest BCUT2D eigenvalue weighted by Crippen LogP contribution is -2.60. The Morgan fingerprint density at radius 3 is 2.21 bits per heavy atom. The highest BCUT2D eigenvalue weighted by atomic mass is 16.7. The predicted octanol–water partition coefficient (Wildman–Crippen LogP) is -0.628. The lowest BCUT2D eigenvalue weighted by Gasteiger charge is -2.39. The zero-order valence-electron chi connectivity index (χ0n) is 17.1.